The van der Waals surface area contributed by atoms with Crippen LogP contribution < -0.4 is 20.5 Å². The Balaban J connectivity index is 2.17. The Morgan fingerprint density at radius 2 is 2.15 bits per heavy atom. The van der Waals surface area contributed by atoms with Gasteiger partial charge in [0.2, 0.25) is 0 Å². The summed E-state index contributed by atoms with van der Waals surface area (Å²) in [4.78, 5) is 11.9. The van der Waals surface area contributed by atoms with Gasteiger partial charge in [0, 0.05) is 12.6 Å². The molecule has 5 nitrogen and oxygen atoms in total. The molecule has 0 bridgehead atoms. The summed E-state index contributed by atoms with van der Waals surface area (Å²) in [5.74, 6) is 1.14. The van der Waals surface area contributed by atoms with Crippen LogP contribution in [0.1, 0.15) is 37.8 Å². The van der Waals surface area contributed by atoms with Gasteiger partial charge in [-0.15, -0.1) is 0 Å². The van der Waals surface area contributed by atoms with Crippen molar-refractivity contribution in [3.05, 3.63) is 23.8 Å². The van der Waals surface area contributed by atoms with Gasteiger partial charge in [-0.1, -0.05) is 6.07 Å². The number of ether oxygens (including phenoxy) is 2. The monoisotopic (exact) mass is 278 g/mol. The van der Waals surface area contributed by atoms with Gasteiger partial charge in [-0.05, 0) is 43.9 Å². The molecule has 3 N–H and O–H groups in total. The van der Waals surface area contributed by atoms with Crippen molar-refractivity contribution in [1.82, 2.24) is 5.32 Å². The van der Waals surface area contributed by atoms with Gasteiger partial charge in [0.25, 0.3) is 5.91 Å². The molecular weight excluding hydrogens is 256 g/mol. The van der Waals surface area contributed by atoms with Crippen molar-refractivity contribution < 1.29 is 14.3 Å². The second-order valence-electron chi connectivity index (χ2n) is 5.09. The highest BCUT2D eigenvalue weighted by Gasteiger charge is 2.23. The largest absolute Gasteiger partial charge is 0.493 e. The van der Waals surface area contributed by atoms with Crippen molar-refractivity contribution in [2.24, 2.45) is 5.73 Å². The molecule has 1 fully saturated rings. The summed E-state index contributed by atoms with van der Waals surface area (Å²) in [5.41, 5.74) is 6.83. The normalized spacial score (nSPS) is 20.8. The Morgan fingerprint density at radius 1 is 1.35 bits per heavy atom. The van der Waals surface area contributed by atoms with Gasteiger partial charge in [-0.25, -0.2) is 0 Å². The third-order valence-corrected chi connectivity index (χ3v) is 3.47. The van der Waals surface area contributed by atoms with Gasteiger partial charge in [0.05, 0.1) is 7.11 Å². The van der Waals surface area contributed by atoms with E-state index in [1.807, 2.05) is 25.1 Å². The van der Waals surface area contributed by atoms with Gasteiger partial charge in [0.1, 0.15) is 0 Å². The van der Waals surface area contributed by atoms with Crippen LogP contribution >= 0.6 is 0 Å². The SMILES string of the molecule is COc1cc([C@@H](C)N)ccc1OC1CCCCNC1=O. The lowest BCUT2D eigenvalue weighted by molar-refractivity contribution is -0.127. The Labute approximate surface area is 119 Å². The molecule has 0 aliphatic carbocycles. The topological polar surface area (TPSA) is 73.6 Å². The van der Waals surface area contributed by atoms with Crippen LogP contribution in [0, 0.1) is 0 Å². The number of nitrogens with one attached hydrogen (secondary N) is 1. The number of carbonyl (C=O) groups excluding carboxylic acids is 1. The Kier molecular flexibility index (Phi) is 4.84. The average molecular weight is 278 g/mol. The van der Waals surface area contributed by atoms with E-state index in [2.05, 4.69) is 5.32 Å². The molecule has 110 valence electrons. The molecule has 0 saturated carbocycles. The number of methoxy groups -OCH3 is 1. The summed E-state index contributed by atoms with van der Waals surface area (Å²) in [6, 6.07) is 5.50. The van der Waals surface area contributed by atoms with Crippen LogP contribution in [0.2, 0.25) is 0 Å². The van der Waals surface area contributed by atoms with Crippen LogP contribution in [0.25, 0.3) is 0 Å². The number of rotatable bonds is 4. The van der Waals surface area contributed by atoms with E-state index in [1.165, 1.54) is 0 Å². The molecule has 0 radical (unpaired) electrons. The lowest BCUT2D eigenvalue weighted by Crippen LogP contribution is -2.36. The van der Waals surface area contributed by atoms with E-state index in [0.29, 0.717) is 11.5 Å². The minimum absolute atomic E-state index is 0.0548. The fourth-order valence-electron chi connectivity index (χ4n) is 2.24. The predicted molar refractivity (Wildman–Crippen MR) is 76.9 cm³/mol. The predicted octanol–water partition coefficient (Wildman–Crippen LogP) is 1.76. The zero-order valence-electron chi connectivity index (χ0n) is 12.0. The van der Waals surface area contributed by atoms with E-state index in [1.54, 1.807) is 7.11 Å². The standard InChI is InChI=1S/C15H22N2O3/c1-10(16)11-6-7-12(14(9-11)19-2)20-13-5-3-4-8-17-15(13)18/h6-7,9-10,13H,3-5,8,16H2,1-2H3,(H,17,18)/t10-,13?/m1/s1. The summed E-state index contributed by atoms with van der Waals surface area (Å²) in [7, 11) is 1.58. The molecule has 1 unspecified atom stereocenters. The molecule has 5 heteroatoms. The highest BCUT2D eigenvalue weighted by Crippen LogP contribution is 2.31. The van der Waals surface area contributed by atoms with E-state index in [9.17, 15) is 4.79 Å². The van der Waals surface area contributed by atoms with E-state index in [4.69, 9.17) is 15.2 Å². The molecule has 1 aromatic carbocycles. The maximum Gasteiger partial charge on any atom is 0.261 e. The van der Waals surface area contributed by atoms with Gasteiger partial charge in [-0.2, -0.15) is 0 Å². The molecule has 1 amide bonds. The van der Waals surface area contributed by atoms with Crippen LogP contribution in [-0.2, 0) is 4.79 Å². The molecule has 1 saturated heterocycles. The number of carbonyl (C=O) groups is 1. The lowest BCUT2D eigenvalue weighted by Gasteiger charge is -2.19. The first-order valence-corrected chi connectivity index (χ1v) is 6.99. The summed E-state index contributed by atoms with van der Waals surface area (Å²) in [5, 5.41) is 2.86. The summed E-state index contributed by atoms with van der Waals surface area (Å²) >= 11 is 0. The van der Waals surface area contributed by atoms with Gasteiger partial charge in [-0.3, -0.25) is 4.79 Å². The lowest BCUT2D eigenvalue weighted by atomic mass is 10.1. The molecule has 2 rings (SSSR count). The molecular formula is C15H22N2O3. The summed E-state index contributed by atoms with van der Waals surface area (Å²) in [6.45, 7) is 2.63. The second kappa shape index (κ2) is 6.61. The van der Waals surface area contributed by atoms with E-state index < -0.39 is 6.10 Å². The zero-order valence-corrected chi connectivity index (χ0v) is 12.0. The molecule has 2 atom stereocenters. The highest BCUT2D eigenvalue weighted by atomic mass is 16.5. The Hall–Kier alpha value is -1.75. The smallest absolute Gasteiger partial charge is 0.261 e. The van der Waals surface area contributed by atoms with Gasteiger partial charge >= 0.3 is 0 Å². The first-order chi connectivity index (χ1) is 9.61. The summed E-state index contributed by atoms with van der Waals surface area (Å²) in [6.07, 6.45) is 2.24. The van der Waals surface area contributed by atoms with Crippen molar-refractivity contribution in [1.29, 1.82) is 0 Å². The molecule has 0 aromatic heterocycles. The fraction of sp³-hybridized carbons (Fsp3) is 0.533. The van der Waals surface area contributed by atoms with Gasteiger partial charge in [0.15, 0.2) is 17.6 Å². The fourth-order valence-corrected chi connectivity index (χ4v) is 2.24. The number of amides is 1. The third-order valence-electron chi connectivity index (χ3n) is 3.47. The third kappa shape index (κ3) is 3.42. The number of benzene rings is 1. The van der Waals surface area contributed by atoms with E-state index in [-0.39, 0.29) is 11.9 Å². The number of nitrogens with two attached hydrogens (primary N) is 1. The van der Waals surface area contributed by atoms with Crippen LogP contribution in [0.15, 0.2) is 18.2 Å². The number of hydrogen-bond donors (Lipinski definition) is 2. The molecule has 1 aromatic rings. The van der Waals surface area contributed by atoms with Crippen molar-refractivity contribution in [3.8, 4) is 11.5 Å². The van der Waals surface area contributed by atoms with Crippen LogP contribution in [-0.4, -0.2) is 25.7 Å². The molecule has 0 spiro atoms. The Morgan fingerprint density at radius 3 is 2.85 bits per heavy atom. The van der Waals surface area contributed by atoms with Crippen LogP contribution in [0.4, 0.5) is 0 Å². The molecule has 1 heterocycles. The minimum atomic E-state index is -0.451. The second-order valence-corrected chi connectivity index (χ2v) is 5.09. The average Bonchev–Trinajstić information content (AvgIpc) is 2.64. The van der Waals surface area contributed by atoms with Gasteiger partial charge < -0.3 is 20.5 Å². The summed E-state index contributed by atoms with van der Waals surface area (Å²) < 4.78 is 11.2. The van der Waals surface area contributed by atoms with E-state index >= 15 is 0 Å². The Bertz CT molecular complexity index is 474. The van der Waals surface area contributed by atoms with Crippen molar-refractivity contribution in [2.75, 3.05) is 13.7 Å². The van der Waals surface area contributed by atoms with E-state index in [0.717, 1.165) is 31.4 Å². The van der Waals surface area contributed by atoms with Crippen LogP contribution in [0.5, 0.6) is 11.5 Å². The zero-order chi connectivity index (χ0) is 14.5. The minimum Gasteiger partial charge on any atom is -0.493 e. The van der Waals surface area contributed by atoms with Crippen molar-refractivity contribution in [3.63, 3.8) is 0 Å². The highest BCUT2D eigenvalue weighted by molar-refractivity contribution is 5.81. The molecule has 20 heavy (non-hydrogen) atoms. The molecule has 1 aliphatic heterocycles. The quantitative estimate of drug-likeness (QED) is 0.880. The first kappa shape index (κ1) is 14.7. The maximum absolute atomic E-state index is 11.9. The van der Waals surface area contributed by atoms with Crippen molar-refractivity contribution in [2.45, 2.75) is 38.3 Å². The number of hydrogen-bond acceptors (Lipinski definition) is 4. The van der Waals surface area contributed by atoms with Crippen LogP contribution in [0.3, 0.4) is 0 Å². The van der Waals surface area contributed by atoms with Crippen molar-refractivity contribution >= 4 is 5.91 Å². The maximum atomic E-state index is 11.9. The first-order valence-electron chi connectivity index (χ1n) is 6.99. The molecule has 1 aliphatic rings.